The second kappa shape index (κ2) is 7.28. The van der Waals surface area contributed by atoms with Crippen LogP contribution in [0.25, 0.3) is 0 Å². The fraction of sp³-hybridized carbons (Fsp3) is 0.500. The molecule has 19 heavy (non-hydrogen) atoms. The molecule has 0 aromatic carbocycles. The molecule has 5 heteroatoms. The van der Waals surface area contributed by atoms with E-state index in [-0.39, 0.29) is 5.91 Å². The fourth-order valence-electron chi connectivity index (χ4n) is 2.09. The summed E-state index contributed by atoms with van der Waals surface area (Å²) in [4.78, 5) is 19.7. The minimum atomic E-state index is -0.144. The average Bonchev–Trinajstić information content (AvgIpc) is 2.93. The van der Waals surface area contributed by atoms with E-state index < -0.39 is 0 Å². The van der Waals surface area contributed by atoms with Crippen molar-refractivity contribution in [2.75, 3.05) is 6.54 Å². The number of nitrogens with zero attached hydrogens (tertiary/aromatic N) is 2. The van der Waals surface area contributed by atoms with Crippen molar-refractivity contribution in [3.8, 4) is 0 Å². The van der Waals surface area contributed by atoms with Crippen LogP contribution in [-0.4, -0.2) is 27.7 Å². The second-order valence-electron chi connectivity index (χ2n) is 4.64. The molecule has 0 saturated heterocycles. The molecule has 1 fully saturated rings. The zero-order valence-corrected chi connectivity index (χ0v) is 11.8. The van der Waals surface area contributed by atoms with Crippen molar-refractivity contribution >= 4 is 17.7 Å². The van der Waals surface area contributed by atoms with Crippen LogP contribution in [0.2, 0.25) is 0 Å². The molecule has 0 unspecified atom stereocenters. The lowest BCUT2D eigenvalue weighted by molar-refractivity contribution is -0.116. The van der Waals surface area contributed by atoms with Crippen molar-refractivity contribution < 1.29 is 4.79 Å². The van der Waals surface area contributed by atoms with Gasteiger partial charge in [-0.05, 0) is 30.9 Å². The molecule has 1 heterocycles. The normalized spacial score (nSPS) is 15.4. The lowest BCUT2D eigenvalue weighted by Gasteiger charge is -2.07. The van der Waals surface area contributed by atoms with E-state index in [9.17, 15) is 4.79 Å². The van der Waals surface area contributed by atoms with Crippen LogP contribution in [0, 0.1) is 0 Å². The molecule has 0 radical (unpaired) electrons. The number of hydrogen-bond acceptors (Lipinski definition) is 4. The zero-order chi connectivity index (χ0) is 13.5. The number of amides is 1. The van der Waals surface area contributed by atoms with Gasteiger partial charge in [0.1, 0.15) is 0 Å². The first kappa shape index (κ1) is 14.1. The van der Waals surface area contributed by atoms with Crippen LogP contribution in [0.15, 0.2) is 30.2 Å². The molecule has 102 valence electrons. The molecule has 0 spiro atoms. The monoisotopic (exact) mass is 277 g/mol. The SMILES string of the molecule is C=CC(=O)NCCc1cnc(SC2CCCC2)nc1. The molecule has 2 rings (SSSR count). The van der Waals surface area contributed by atoms with Gasteiger partial charge in [-0.25, -0.2) is 9.97 Å². The largest absolute Gasteiger partial charge is 0.352 e. The van der Waals surface area contributed by atoms with Gasteiger partial charge in [0.2, 0.25) is 5.91 Å². The molecule has 1 aliphatic rings. The summed E-state index contributed by atoms with van der Waals surface area (Å²) in [7, 11) is 0. The number of rotatable bonds is 6. The minimum absolute atomic E-state index is 0.144. The van der Waals surface area contributed by atoms with Crippen molar-refractivity contribution in [2.24, 2.45) is 0 Å². The molecule has 1 aromatic rings. The first-order chi connectivity index (χ1) is 9.28. The van der Waals surface area contributed by atoms with E-state index >= 15 is 0 Å². The van der Waals surface area contributed by atoms with E-state index in [4.69, 9.17) is 0 Å². The van der Waals surface area contributed by atoms with Crippen LogP contribution in [0.1, 0.15) is 31.2 Å². The van der Waals surface area contributed by atoms with Gasteiger partial charge >= 0.3 is 0 Å². The fourth-order valence-corrected chi connectivity index (χ4v) is 3.18. The summed E-state index contributed by atoms with van der Waals surface area (Å²) in [6.07, 6.45) is 10.9. The van der Waals surface area contributed by atoms with E-state index in [0.29, 0.717) is 11.8 Å². The van der Waals surface area contributed by atoms with Crippen molar-refractivity contribution in [3.63, 3.8) is 0 Å². The van der Waals surface area contributed by atoms with Gasteiger partial charge in [-0.2, -0.15) is 0 Å². The summed E-state index contributed by atoms with van der Waals surface area (Å²) in [5, 5.41) is 4.30. The number of aromatic nitrogens is 2. The van der Waals surface area contributed by atoms with Crippen LogP contribution >= 0.6 is 11.8 Å². The van der Waals surface area contributed by atoms with Gasteiger partial charge in [-0.1, -0.05) is 31.2 Å². The Balaban J connectivity index is 1.77. The van der Waals surface area contributed by atoms with Gasteiger partial charge in [0.25, 0.3) is 0 Å². The van der Waals surface area contributed by atoms with Crippen molar-refractivity contribution in [1.29, 1.82) is 0 Å². The molecule has 0 aliphatic heterocycles. The van der Waals surface area contributed by atoms with Crippen molar-refractivity contribution in [3.05, 3.63) is 30.6 Å². The number of nitrogens with one attached hydrogen (secondary N) is 1. The Kier molecular flexibility index (Phi) is 5.39. The average molecular weight is 277 g/mol. The molecule has 1 aliphatic carbocycles. The van der Waals surface area contributed by atoms with Gasteiger partial charge < -0.3 is 5.32 Å². The quantitative estimate of drug-likeness (QED) is 0.640. The summed E-state index contributed by atoms with van der Waals surface area (Å²) in [5.41, 5.74) is 1.04. The van der Waals surface area contributed by atoms with Crippen LogP contribution in [0.4, 0.5) is 0 Å². The molecule has 0 atom stereocenters. The smallest absolute Gasteiger partial charge is 0.243 e. The van der Waals surface area contributed by atoms with Crippen LogP contribution in [0.3, 0.4) is 0 Å². The standard InChI is InChI=1S/C14H19N3OS/c1-2-13(18)15-8-7-11-9-16-14(17-10-11)19-12-5-3-4-6-12/h2,9-10,12H,1,3-8H2,(H,15,18). The molecular formula is C14H19N3OS. The van der Waals surface area contributed by atoms with Gasteiger partial charge in [0.05, 0.1) is 0 Å². The summed E-state index contributed by atoms with van der Waals surface area (Å²) in [6, 6.07) is 0. The Morgan fingerprint density at radius 1 is 1.42 bits per heavy atom. The molecule has 1 saturated carbocycles. The summed E-state index contributed by atoms with van der Waals surface area (Å²) < 4.78 is 0. The zero-order valence-electron chi connectivity index (χ0n) is 11.0. The predicted octanol–water partition coefficient (Wildman–Crippen LogP) is 2.36. The van der Waals surface area contributed by atoms with Crippen molar-refractivity contribution in [2.45, 2.75) is 42.5 Å². The van der Waals surface area contributed by atoms with Crippen LogP contribution in [-0.2, 0) is 11.2 Å². The number of carbonyl (C=O) groups excluding carboxylic acids is 1. The number of thioether (sulfide) groups is 1. The molecule has 1 amide bonds. The molecule has 1 N–H and O–H groups in total. The maximum atomic E-state index is 11.0. The molecule has 0 bridgehead atoms. The van der Waals surface area contributed by atoms with Crippen LogP contribution < -0.4 is 5.32 Å². The highest BCUT2D eigenvalue weighted by Gasteiger charge is 2.17. The Bertz CT molecular complexity index is 427. The minimum Gasteiger partial charge on any atom is -0.352 e. The van der Waals surface area contributed by atoms with E-state index in [1.807, 2.05) is 12.4 Å². The first-order valence-corrected chi connectivity index (χ1v) is 7.54. The van der Waals surface area contributed by atoms with Crippen LogP contribution in [0.5, 0.6) is 0 Å². The number of carbonyl (C=O) groups is 1. The summed E-state index contributed by atoms with van der Waals surface area (Å²) >= 11 is 1.79. The lowest BCUT2D eigenvalue weighted by atomic mass is 10.2. The lowest BCUT2D eigenvalue weighted by Crippen LogP contribution is -2.23. The Morgan fingerprint density at radius 2 is 2.11 bits per heavy atom. The third kappa shape index (κ3) is 4.67. The van der Waals surface area contributed by atoms with Gasteiger partial charge in [0.15, 0.2) is 5.16 Å². The number of hydrogen-bond donors (Lipinski definition) is 1. The molecule has 4 nitrogen and oxygen atoms in total. The maximum absolute atomic E-state index is 11.0. The van der Waals surface area contributed by atoms with E-state index in [2.05, 4.69) is 21.9 Å². The van der Waals surface area contributed by atoms with Gasteiger partial charge in [0, 0.05) is 24.2 Å². The van der Waals surface area contributed by atoms with Crippen molar-refractivity contribution in [1.82, 2.24) is 15.3 Å². The van der Waals surface area contributed by atoms with Gasteiger partial charge in [-0.3, -0.25) is 4.79 Å². The molecule has 1 aromatic heterocycles. The third-order valence-corrected chi connectivity index (χ3v) is 4.38. The highest BCUT2D eigenvalue weighted by atomic mass is 32.2. The second-order valence-corrected chi connectivity index (χ2v) is 5.91. The highest BCUT2D eigenvalue weighted by molar-refractivity contribution is 7.99. The summed E-state index contributed by atoms with van der Waals surface area (Å²) in [6.45, 7) is 3.99. The summed E-state index contributed by atoms with van der Waals surface area (Å²) in [5.74, 6) is -0.144. The van der Waals surface area contributed by atoms with Gasteiger partial charge in [-0.15, -0.1) is 0 Å². The highest BCUT2D eigenvalue weighted by Crippen LogP contribution is 2.32. The Hall–Kier alpha value is -1.36. The first-order valence-electron chi connectivity index (χ1n) is 6.66. The van der Waals surface area contributed by atoms with E-state index in [1.54, 1.807) is 11.8 Å². The Morgan fingerprint density at radius 3 is 2.74 bits per heavy atom. The van der Waals surface area contributed by atoms with E-state index in [1.165, 1.54) is 31.8 Å². The van der Waals surface area contributed by atoms with E-state index in [0.717, 1.165) is 17.1 Å². The predicted molar refractivity (Wildman–Crippen MR) is 77.1 cm³/mol. The third-order valence-electron chi connectivity index (χ3n) is 3.15. The topological polar surface area (TPSA) is 54.9 Å². The maximum Gasteiger partial charge on any atom is 0.243 e. The molecular weight excluding hydrogens is 258 g/mol. The Labute approximate surface area is 118 Å².